The van der Waals surface area contributed by atoms with Gasteiger partial charge >= 0.3 is 0 Å². The Hall–Kier alpha value is -2.57. The van der Waals surface area contributed by atoms with Crippen molar-refractivity contribution in [1.29, 1.82) is 0 Å². The molecule has 0 aromatic carbocycles. The minimum Gasteiger partial charge on any atom is -0.478 e. The lowest BCUT2D eigenvalue weighted by atomic mass is 10.1. The number of nitrogens with one attached hydrogen (secondary N) is 1. The van der Waals surface area contributed by atoms with E-state index in [1.165, 1.54) is 5.56 Å². The number of guanidine groups is 1. The van der Waals surface area contributed by atoms with Crippen molar-refractivity contribution < 1.29 is 4.74 Å². The lowest BCUT2D eigenvalue weighted by molar-refractivity contribution is 0.326. The summed E-state index contributed by atoms with van der Waals surface area (Å²) in [6, 6.07) is 3.90. The summed E-state index contributed by atoms with van der Waals surface area (Å²) in [6.07, 6.45) is 3.85. The minimum atomic E-state index is 0.392. The van der Waals surface area contributed by atoms with Crippen LogP contribution in [0.3, 0.4) is 0 Å². The van der Waals surface area contributed by atoms with Crippen LogP contribution in [0.25, 0.3) is 0 Å². The van der Waals surface area contributed by atoms with E-state index >= 15 is 0 Å². The Morgan fingerprint density at radius 3 is 2.81 bits per heavy atom. The van der Waals surface area contributed by atoms with Crippen molar-refractivity contribution in [2.75, 3.05) is 20.2 Å². The highest BCUT2D eigenvalue weighted by molar-refractivity contribution is 5.79. The first-order valence-electron chi connectivity index (χ1n) is 9.54. The van der Waals surface area contributed by atoms with Crippen LogP contribution in [0.4, 0.5) is 0 Å². The second kappa shape index (κ2) is 9.94. The van der Waals surface area contributed by atoms with Crippen molar-refractivity contribution in [3.05, 3.63) is 41.3 Å². The maximum Gasteiger partial charge on any atom is 0.213 e. The van der Waals surface area contributed by atoms with E-state index in [1.807, 2.05) is 30.8 Å². The van der Waals surface area contributed by atoms with Gasteiger partial charge in [-0.3, -0.25) is 4.68 Å². The fraction of sp³-hybridized carbons (Fsp3) is 0.550. The Bertz CT molecular complexity index is 753. The average molecular weight is 373 g/mol. The lowest BCUT2D eigenvalue weighted by Crippen LogP contribution is -2.38. The molecule has 0 amide bonds. The van der Waals surface area contributed by atoms with Crippen molar-refractivity contribution in [3.63, 3.8) is 0 Å². The lowest BCUT2D eigenvalue weighted by Gasteiger charge is -2.22. The van der Waals surface area contributed by atoms with Gasteiger partial charge in [-0.1, -0.05) is 13.8 Å². The highest BCUT2D eigenvalue weighted by Gasteiger charge is 2.15. The average Bonchev–Trinajstić information content (AvgIpc) is 2.99. The molecule has 0 aliphatic heterocycles. The predicted octanol–water partition coefficient (Wildman–Crippen LogP) is 2.93. The molecule has 1 N–H and O–H groups in total. The summed E-state index contributed by atoms with van der Waals surface area (Å²) in [6.45, 7) is 11.1. The molecule has 2 heterocycles. The Balaban J connectivity index is 2.13. The number of rotatable bonds is 8. The molecule has 0 spiro atoms. The van der Waals surface area contributed by atoms with E-state index in [0.29, 0.717) is 24.9 Å². The van der Waals surface area contributed by atoms with Crippen LogP contribution in [0.1, 0.15) is 50.4 Å². The third-order valence-electron chi connectivity index (χ3n) is 4.09. The number of hydrogen-bond donors (Lipinski definition) is 1. The molecule has 0 bridgehead atoms. The molecule has 7 heteroatoms. The molecule has 0 fully saturated rings. The summed E-state index contributed by atoms with van der Waals surface area (Å²) in [7, 11) is 4.02. The molecule has 0 saturated heterocycles. The molecule has 2 aromatic heterocycles. The smallest absolute Gasteiger partial charge is 0.213 e. The Kier molecular flexibility index (Phi) is 7.64. The van der Waals surface area contributed by atoms with Gasteiger partial charge in [0.2, 0.25) is 5.88 Å². The molecule has 148 valence electrons. The maximum atomic E-state index is 5.47. The highest BCUT2D eigenvalue weighted by Crippen LogP contribution is 2.18. The van der Waals surface area contributed by atoms with E-state index in [4.69, 9.17) is 9.73 Å². The molecule has 0 aliphatic rings. The quantitative estimate of drug-likeness (QED) is 0.570. The van der Waals surface area contributed by atoms with Crippen LogP contribution in [-0.2, 0) is 20.1 Å². The van der Waals surface area contributed by atoms with Crippen LogP contribution in [0.15, 0.2) is 29.5 Å². The van der Waals surface area contributed by atoms with Gasteiger partial charge in [-0.05, 0) is 31.4 Å². The number of pyridine rings is 1. The molecule has 7 nitrogen and oxygen atoms in total. The highest BCUT2D eigenvalue weighted by atomic mass is 16.5. The van der Waals surface area contributed by atoms with Gasteiger partial charge in [0.25, 0.3) is 0 Å². The van der Waals surface area contributed by atoms with Gasteiger partial charge in [0.05, 0.1) is 18.8 Å². The first-order chi connectivity index (χ1) is 12.9. The summed E-state index contributed by atoms with van der Waals surface area (Å²) < 4.78 is 7.35. The number of hydrogen-bond acceptors (Lipinski definition) is 4. The van der Waals surface area contributed by atoms with E-state index in [1.54, 1.807) is 6.20 Å². The van der Waals surface area contributed by atoms with Crippen LogP contribution >= 0.6 is 0 Å². The van der Waals surface area contributed by atoms with Gasteiger partial charge in [0, 0.05) is 51.2 Å². The summed E-state index contributed by atoms with van der Waals surface area (Å²) in [5.74, 6) is 1.90. The summed E-state index contributed by atoms with van der Waals surface area (Å²) in [5, 5.41) is 7.97. The zero-order valence-corrected chi connectivity index (χ0v) is 17.4. The SMILES string of the molecule is CCNC(=NCc1ccnc(OCC)c1)N(C)Cc1cn(C)nc1C(C)C. The Labute approximate surface area is 162 Å². The number of ether oxygens (including phenoxy) is 1. The number of aromatic nitrogens is 3. The van der Waals surface area contributed by atoms with Gasteiger partial charge in [-0.2, -0.15) is 5.10 Å². The van der Waals surface area contributed by atoms with Crippen molar-refractivity contribution in [3.8, 4) is 5.88 Å². The summed E-state index contributed by atoms with van der Waals surface area (Å²) >= 11 is 0. The minimum absolute atomic E-state index is 0.392. The zero-order chi connectivity index (χ0) is 19.8. The van der Waals surface area contributed by atoms with E-state index in [9.17, 15) is 0 Å². The van der Waals surface area contributed by atoms with Gasteiger partial charge < -0.3 is 15.0 Å². The Morgan fingerprint density at radius 1 is 1.37 bits per heavy atom. The van der Waals surface area contributed by atoms with Crippen molar-refractivity contribution in [2.24, 2.45) is 12.0 Å². The normalized spacial score (nSPS) is 11.7. The van der Waals surface area contributed by atoms with Gasteiger partial charge in [0.1, 0.15) is 0 Å². The molecular weight excluding hydrogens is 340 g/mol. The van der Waals surface area contributed by atoms with Crippen LogP contribution in [-0.4, -0.2) is 45.8 Å². The van der Waals surface area contributed by atoms with Crippen molar-refractivity contribution in [2.45, 2.75) is 46.7 Å². The molecular formula is C20H32N6O. The molecule has 0 atom stereocenters. The second-order valence-corrected chi connectivity index (χ2v) is 6.83. The van der Waals surface area contributed by atoms with E-state index < -0.39 is 0 Å². The maximum absolute atomic E-state index is 5.47. The van der Waals surface area contributed by atoms with E-state index in [0.717, 1.165) is 30.3 Å². The predicted molar refractivity (Wildman–Crippen MR) is 109 cm³/mol. The van der Waals surface area contributed by atoms with Crippen molar-refractivity contribution in [1.82, 2.24) is 25.0 Å². The zero-order valence-electron chi connectivity index (χ0n) is 17.4. The topological polar surface area (TPSA) is 67.6 Å². The summed E-state index contributed by atoms with van der Waals surface area (Å²) in [4.78, 5) is 11.1. The molecule has 0 aliphatic carbocycles. The van der Waals surface area contributed by atoms with Crippen LogP contribution in [0.5, 0.6) is 5.88 Å². The van der Waals surface area contributed by atoms with Gasteiger partial charge in [-0.15, -0.1) is 0 Å². The van der Waals surface area contributed by atoms with Gasteiger partial charge in [-0.25, -0.2) is 9.98 Å². The van der Waals surface area contributed by atoms with Crippen LogP contribution in [0.2, 0.25) is 0 Å². The Morgan fingerprint density at radius 2 is 2.15 bits per heavy atom. The third-order valence-corrected chi connectivity index (χ3v) is 4.09. The standard InChI is InChI=1S/C20H32N6O/c1-7-21-20(23-12-16-9-10-22-18(11-16)27-8-2)25(5)13-17-14-26(6)24-19(17)15(3)4/h9-11,14-15H,7-8,12-13H2,1-6H3,(H,21,23). The van der Waals surface area contributed by atoms with E-state index in [2.05, 4.69) is 54.3 Å². The fourth-order valence-electron chi connectivity index (χ4n) is 2.90. The first kappa shape index (κ1) is 20.7. The van der Waals surface area contributed by atoms with Crippen LogP contribution in [0, 0.1) is 0 Å². The number of aryl methyl sites for hydroxylation is 1. The number of nitrogens with zero attached hydrogens (tertiary/aromatic N) is 5. The molecule has 0 saturated carbocycles. The largest absolute Gasteiger partial charge is 0.478 e. The molecule has 0 unspecified atom stereocenters. The second-order valence-electron chi connectivity index (χ2n) is 6.83. The molecule has 2 rings (SSSR count). The van der Waals surface area contributed by atoms with Gasteiger partial charge in [0.15, 0.2) is 5.96 Å². The van der Waals surface area contributed by atoms with Crippen LogP contribution < -0.4 is 10.1 Å². The van der Waals surface area contributed by atoms with Crippen molar-refractivity contribution >= 4 is 5.96 Å². The van der Waals surface area contributed by atoms with E-state index in [-0.39, 0.29) is 0 Å². The first-order valence-corrected chi connectivity index (χ1v) is 9.54. The number of aliphatic imine (C=N–C) groups is 1. The molecule has 2 aromatic rings. The molecule has 0 radical (unpaired) electrons. The fourth-order valence-corrected chi connectivity index (χ4v) is 2.90. The monoisotopic (exact) mass is 372 g/mol. The molecule has 27 heavy (non-hydrogen) atoms. The summed E-state index contributed by atoms with van der Waals surface area (Å²) in [5.41, 5.74) is 3.43. The third kappa shape index (κ3) is 5.98.